The Balaban J connectivity index is 1.69. The Labute approximate surface area is 167 Å². The van der Waals surface area contributed by atoms with Gasteiger partial charge in [0.05, 0.1) is 10.5 Å². The molecule has 0 radical (unpaired) electrons. The largest absolute Gasteiger partial charge is 0.361 e. The predicted molar refractivity (Wildman–Crippen MR) is 111 cm³/mol. The number of nitrogens with zero attached hydrogens (tertiary/aromatic N) is 1. The van der Waals surface area contributed by atoms with Crippen LogP contribution in [0.5, 0.6) is 0 Å². The van der Waals surface area contributed by atoms with Crippen LogP contribution in [0.4, 0.5) is 0 Å². The predicted octanol–water partition coefficient (Wildman–Crippen LogP) is 4.21. The van der Waals surface area contributed by atoms with Crippen LogP contribution in [0.1, 0.15) is 21.9 Å². The van der Waals surface area contributed by atoms with E-state index in [0.717, 1.165) is 21.3 Å². The molecule has 2 heterocycles. The number of hydrogen-bond donors (Lipinski definition) is 2. The second-order valence-electron chi connectivity index (χ2n) is 6.32. The summed E-state index contributed by atoms with van der Waals surface area (Å²) in [6, 6.07) is 20.1. The SMILES string of the molecule is N#Cc1ccccc1S(=O)(=O)NC[C@@H](c1cccs1)c1c[nH]c2ccccc12. The van der Waals surface area contributed by atoms with Crippen molar-refractivity contribution in [3.05, 3.63) is 88.2 Å². The molecule has 1 atom stereocenters. The smallest absolute Gasteiger partial charge is 0.241 e. The Morgan fingerprint density at radius 1 is 1.07 bits per heavy atom. The van der Waals surface area contributed by atoms with Crippen molar-refractivity contribution in [2.75, 3.05) is 6.54 Å². The molecule has 0 saturated carbocycles. The number of H-pyrrole nitrogens is 1. The van der Waals surface area contributed by atoms with Gasteiger partial charge in [0.2, 0.25) is 10.0 Å². The molecule has 2 aromatic carbocycles. The van der Waals surface area contributed by atoms with Gasteiger partial charge in [-0.3, -0.25) is 0 Å². The van der Waals surface area contributed by atoms with Crippen LogP contribution in [0, 0.1) is 11.3 Å². The van der Waals surface area contributed by atoms with Crippen LogP contribution in [0.2, 0.25) is 0 Å². The number of sulfonamides is 1. The maximum absolute atomic E-state index is 12.9. The summed E-state index contributed by atoms with van der Waals surface area (Å²) in [5.41, 5.74) is 2.18. The third-order valence-corrected chi connectivity index (χ3v) is 7.13. The fourth-order valence-electron chi connectivity index (χ4n) is 3.30. The number of nitrogens with one attached hydrogen (secondary N) is 2. The van der Waals surface area contributed by atoms with Crippen molar-refractivity contribution in [2.45, 2.75) is 10.8 Å². The third-order valence-electron chi connectivity index (χ3n) is 4.66. The summed E-state index contributed by atoms with van der Waals surface area (Å²) < 4.78 is 28.4. The molecule has 2 aromatic heterocycles. The molecule has 0 unspecified atom stereocenters. The lowest BCUT2D eigenvalue weighted by Crippen LogP contribution is -2.29. The number of aromatic amines is 1. The first-order valence-corrected chi connectivity index (χ1v) is 11.0. The Kier molecular flexibility index (Phi) is 5.01. The van der Waals surface area contributed by atoms with Gasteiger partial charge in [0.1, 0.15) is 6.07 Å². The maximum atomic E-state index is 12.9. The summed E-state index contributed by atoms with van der Waals surface area (Å²) in [4.78, 5) is 4.33. The van der Waals surface area contributed by atoms with Crippen molar-refractivity contribution in [2.24, 2.45) is 0 Å². The van der Waals surface area contributed by atoms with E-state index in [1.807, 2.05) is 54.0 Å². The van der Waals surface area contributed by atoms with Gasteiger partial charge in [-0.2, -0.15) is 5.26 Å². The quantitative estimate of drug-likeness (QED) is 0.502. The zero-order chi connectivity index (χ0) is 19.6. The van der Waals surface area contributed by atoms with Gasteiger partial charge in [-0.1, -0.05) is 36.4 Å². The zero-order valence-electron chi connectivity index (χ0n) is 14.8. The lowest BCUT2D eigenvalue weighted by Gasteiger charge is -2.17. The normalized spacial score (nSPS) is 12.7. The minimum absolute atomic E-state index is 0.00126. The van der Waals surface area contributed by atoms with Crippen LogP contribution in [0.3, 0.4) is 0 Å². The molecule has 0 bridgehead atoms. The third kappa shape index (κ3) is 3.45. The van der Waals surface area contributed by atoms with Crippen molar-refractivity contribution < 1.29 is 8.42 Å². The molecule has 4 aromatic rings. The molecule has 0 aliphatic rings. The van der Waals surface area contributed by atoms with Gasteiger partial charge >= 0.3 is 0 Å². The first-order valence-electron chi connectivity index (χ1n) is 8.68. The maximum Gasteiger partial charge on any atom is 0.241 e. The molecule has 2 N–H and O–H groups in total. The highest BCUT2D eigenvalue weighted by atomic mass is 32.2. The molecule has 28 heavy (non-hydrogen) atoms. The standard InChI is InChI=1S/C21H17N3O2S2/c22-12-15-6-1-4-10-21(15)28(25,26)24-14-18(20-9-5-11-27-20)17-13-23-19-8-3-2-7-16(17)19/h1-11,13,18,23-24H,14H2/t18-/m1/s1. The van der Waals surface area contributed by atoms with E-state index in [-0.39, 0.29) is 22.9 Å². The number of thiophene rings is 1. The monoisotopic (exact) mass is 407 g/mol. The van der Waals surface area contributed by atoms with E-state index < -0.39 is 10.0 Å². The van der Waals surface area contributed by atoms with Gasteiger partial charge in [-0.05, 0) is 35.2 Å². The summed E-state index contributed by atoms with van der Waals surface area (Å²) in [6.45, 7) is 0.199. The Hall–Kier alpha value is -2.92. The van der Waals surface area contributed by atoms with E-state index in [0.29, 0.717) is 0 Å². The molecule has 0 amide bonds. The zero-order valence-corrected chi connectivity index (χ0v) is 16.4. The molecular formula is C21H17N3O2S2. The van der Waals surface area contributed by atoms with Gasteiger partial charge in [0, 0.05) is 34.4 Å². The molecule has 0 saturated heterocycles. The molecule has 0 aliphatic carbocycles. The van der Waals surface area contributed by atoms with E-state index in [4.69, 9.17) is 0 Å². The lowest BCUT2D eigenvalue weighted by molar-refractivity contribution is 0.578. The second kappa shape index (κ2) is 7.60. The number of nitriles is 1. The topological polar surface area (TPSA) is 85.8 Å². The first-order chi connectivity index (χ1) is 13.6. The van der Waals surface area contributed by atoms with E-state index >= 15 is 0 Å². The fraction of sp³-hybridized carbons (Fsp3) is 0.0952. The molecule has 0 aliphatic heterocycles. The van der Waals surface area contributed by atoms with Crippen molar-refractivity contribution in [3.8, 4) is 6.07 Å². The number of para-hydroxylation sites is 1. The second-order valence-corrected chi connectivity index (χ2v) is 9.03. The number of hydrogen-bond acceptors (Lipinski definition) is 4. The highest BCUT2D eigenvalue weighted by Gasteiger charge is 2.24. The minimum atomic E-state index is -3.81. The summed E-state index contributed by atoms with van der Waals surface area (Å²) >= 11 is 1.59. The van der Waals surface area contributed by atoms with Crippen LogP contribution in [-0.4, -0.2) is 19.9 Å². The van der Waals surface area contributed by atoms with Gasteiger partial charge in [0.25, 0.3) is 0 Å². The fourth-order valence-corrected chi connectivity index (χ4v) is 5.35. The Morgan fingerprint density at radius 3 is 2.64 bits per heavy atom. The average molecular weight is 408 g/mol. The number of aromatic nitrogens is 1. The summed E-state index contributed by atoms with van der Waals surface area (Å²) in [5.74, 6) is -0.139. The van der Waals surface area contributed by atoms with Gasteiger partial charge in [0.15, 0.2) is 0 Å². The van der Waals surface area contributed by atoms with Crippen LogP contribution in [0.25, 0.3) is 10.9 Å². The Bertz CT molecular complexity index is 1250. The minimum Gasteiger partial charge on any atom is -0.361 e. The summed E-state index contributed by atoms with van der Waals surface area (Å²) in [7, 11) is -3.81. The summed E-state index contributed by atoms with van der Waals surface area (Å²) in [6.07, 6.45) is 1.94. The first kappa shape index (κ1) is 18.4. The van der Waals surface area contributed by atoms with Crippen LogP contribution in [-0.2, 0) is 10.0 Å². The van der Waals surface area contributed by atoms with Crippen LogP contribution >= 0.6 is 11.3 Å². The van der Waals surface area contributed by atoms with E-state index in [9.17, 15) is 13.7 Å². The molecule has 140 valence electrons. The van der Waals surface area contributed by atoms with Gasteiger partial charge < -0.3 is 4.98 Å². The van der Waals surface area contributed by atoms with Crippen molar-refractivity contribution in [1.29, 1.82) is 5.26 Å². The number of benzene rings is 2. The van der Waals surface area contributed by atoms with Crippen molar-refractivity contribution in [1.82, 2.24) is 9.71 Å². The van der Waals surface area contributed by atoms with Crippen LogP contribution in [0.15, 0.2) is 77.1 Å². The van der Waals surface area contributed by atoms with Crippen LogP contribution < -0.4 is 4.72 Å². The molecule has 0 fully saturated rings. The highest BCUT2D eigenvalue weighted by molar-refractivity contribution is 7.89. The van der Waals surface area contributed by atoms with Crippen molar-refractivity contribution >= 4 is 32.3 Å². The van der Waals surface area contributed by atoms with E-state index in [2.05, 4.69) is 9.71 Å². The number of rotatable bonds is 6. The van der Waals surface area contributed by atoms with E-state index in [1.54, 1.807) is 23.5 Å². The average Bonchev–Trinajstić information content (AvgIpc) is 3.39. The molecule has 0 spiro atoms. The molecule has 4 rings (SSSR count). The number of fused-ring (bicyclic) bond motifs is 1. The van der Waals surface area contributed by atoms with E-state index in [1.165, 1.54) is 12.1 Å². The van der Waals surface area contributed by atoms with Crippen molar-refractivity contribution in [3.63, 3.8) is 0 Å². The lowest BCUT2D eigenvalue weighted by atomic mass is 9.97. The Morgan fingerprint density at radius 2 is 1.86 bits per heavy atom. The molecular weight excluding hydrogens is 390 g/mol. The highest BCUT2D eigenvalue weighted by Crippen LogP contribution is 2.33. The molecule has 5 nitrogen and oxygen atoms in total. The van der Waals surface area contributed by atoms with Gasteiger partial charge in [-0.25, -0.2) is 13.1 Å². The van der Waals surface area contributed by atoms with Gasteiger partial charge in [-0.15, -0.1) is 11.3 Å². The molecule has 7 heteroatoms. The summed E-state index contributed by atoms with van der Waals surface area (Å²) in [5, 5.41) is 12.3.